The van der Waals surface area contributed by atoms with Gasteiger partial charge in [-0.15, -0.1) is 0 Å². The maximum absolute atomic E-state index is 5.87. The van der Waals surface area contributed by atoms with Crippen molar-refractivity contribution in [2.45, 2.75) is 26.0 Å². The minimum atomic E-state index is 0.0487. The molecule has 0 bridgehead atoms. The molecule has 2 rings (SSSR count). The molecule has 1 saturated heterocycles. The van der Waals surface area contributed by atoms with Crippen LogP contribution in [0.4, 0.5) is 0 Å². The summed E-state index contributed by atoms with van der Waals surface area (Å²) in [6.45, 7) is 6.88. The third-order valence-corrected chi connectivity index (χ3v) is 3.62. The number of likely N-dealkylation sites (N-methyl/N-ethyl adjacent to an activating group) is 1. The molecular formula is C14H23N3O. The number of nitrogens with one attached hydrogen (secondary N) is 1. The number of rotatable bonds is 3. The summed E-state index contributed by atoms with van der Waals surface area (Å²) in [5.41, 5.74) is 6.66. The van der Waals surface area contributed by atoms with Crippen molar-refractivity contribution < 1.29 is 4.74 Å². The van der Waals surface area contributed by atoms with Gasteiger partial charge in [-0.2, -0.15) is 0 Å². The topological polar surface area (TPSA) is 50.5 Å². The number of hydrogen-bond donors (Lipinski definition) is 2. The summed E-state index contributed by atoms with van der Waals surface area (Å²) in [5, 5.41) is 0. The van der Waals surface area contributed by atoms with Crippen LogP contribution in [0.2, 0.25) is 0 Å². The van der Waals surface area contributed by atoms with E-state index in [2.05, 4.69) is 49.4 Å². The molecule has 0 aromatic heterocycles. The van der Waals surface area contributed by atoms with Crippen LogP contribution >= 0.6 is 0 Å². The Hall–Kier alpha value is -0.940. The first-order valence-corrected chi connectivity index (χ1v) is 6.45. The molecular weight excluding hydrogens is 226 g/mol. The summed E-state index contributed by atoms with van der Waals surface area (Å²) in [6.07, 6.45) is 0.106. The minimum Gasteiger partial charge on any atom is -0.374 e. The third kappa shape index (κ3) is 2.90. The van der Waals surface area contributed by atoms with E-state index in [4.69, 9.17) is 10.6 Å². The molecule has 0 radical (unpaired) electrons. The molecule has 4 heteroatoms. The van der Waals surface area contributed by atoms with Crippen molar-refractivity contribution in [2.24, 2.45) is 5.84 Å². The van der Waals surface area contributed by atoms with Crippen molar-refractivity contribution in [1.29, 1.82) is 0 Å². The number of ether oxygens (including phenoxy) is 1. The first-order valence-electron chi connectivity index (χ1n) is 6.45. The number of morpholine rings is 1. The second-order valence-corrected chi connectivity index (χ2v) is 5.18. The molecule has 2 unspecified atom stereocenters. The molecule has 0 amide bonds. The minimum absolute atomic E-state index is 0.0487. The van der Waals surface area contributed by atoms with Gasteiger partial charge in [-0.25, -0.2) is 0 Å². The van der Waals surface area contributed by atoms with Crippen LogP contribution in [0.1, 0.15) is 22.7 Å². The van der Waals surface area contributed by atoms with Crippen LogP contribution in [0.25, 0.3) is 0 Å². The monoisotopic (exact) mass is 249 g/mol. The van der Waals surface area contributed by atoms with Gasteiger partial charge in [0.05, 0.1) is 18.8 Å². The molecule has 1 aromatic rings. The Morgan fingerprint density at radius 3 is 2.89 bits per heavy atom. The first-order chi connectivity index (χ1) is 8.61. The van der Waals surface area contributed by atoms with E-state index in [1.165, 1.54) is 16.7 Å². The van der Waals surface area contributed by atoms with Crippen LogP contribution in [-0.4, -0.2) is 37.7 Å². The highest BCUT2D eigenvalue weighted by Gasteiger charge is 2.28. The van der Waals surface area contributed by atoms with Gasteiger partial charge in [0.2, 0.25) is 0 Å². The lowest BCUT2D eigenvalue weighted by Gasteiger charge is -2.35. The van der Waals surface area contributed by atoms with Crippen LogP contribution in [0.15, 0.2) is 18.2 Å². The molecule has 1 fully saturated rings. The van der Waals surface area contributed by atoms with E-state index in [0.717, 1.165) is 19.7 Å². The SMILES string of the molecule is Cc1ccc(C)c(C(NN)C2CN(C)CCO2)c1. The molecule has 4 nitrogen and oxygen atoms in total. The van der Waals surface area contributed by atoms with Crippen molar-refractivity contribution >= 4 is 0 Å². The molecule has 3 N–H and O–H groups in total. The Morgan fingerprint density at radius 1 is 1.44 bits per heavy atom. The fourth-order valence-electron chi connectivity index (χ4n) is 2.51. The van der Waals surface area contributed by atoms with Gasteiger partial charge in [0.25, 0.3) is 0 Å². The smallest absolute Gasteiger partial charge is 0.0909 e. The first kappa shape index (κ1) is 13.5. The van der Waals surface area contributed by atoms with E-state index < -0.39 is 0 Å². The number of nitrogens with two attached hydrogens (primary N) is 1. The van der Waals surface area contributed by atoms with Crippen molar-refractivity contribution in [3.8, 4) is 0 Å². The molecule has 100 valence electrons. The average molecular weight is 249 g/mol. The fourth-order valence-corrected chi connectivity index (χ4v) is 2.51. The highest BCUT2D eigenvalue weighted by Crippen LogP contribution is 2.25. The predicted octanol–water partition coefficient (Wildman–Crippen LogP) is 1.14. The average Bonchev–Trinajstić information content (AvgIpc) is 2.35. The van der Waals surface area contributed by atoms with Crippen LogP contribution < -0.4 is 11.3 Å². The van der Waals surface area contributed by atoms with Crippen molar-refractivity contribution in [3.05, 3.63) is 34.9 Å². The normalized spacial score (nSPS) is 23.0. The summed E-state index contributed by atoms with van der Waals surface area (Å²) >= 11 is 0. The van der Waals surface area contributed by atoms with E-state index >= 15 is 0 Å². The van der Waals surface area contributed by atoms with Crippen LogP contribution in [0.3, 0.4) is 0 Å². The third-order valence-electron chi connectivity index (χ3n) is 3.62. The predicted molar refractivity (Wildman–Crippen MR) is 73.2 cm³/mol. The van der Waals surface area contributed by atoms with Crippen LogP contribution in [-0.2, 0) is 4.74 Å². The summed E-state index contributed by atoms with van der Waals surface area (Å²) < 4.78 is 5.87. The summed E-state index contributed by atoms with van der Waals surface area (Å²) in [5.74, 6) is 5.75. The Labute approximate surface area is 109 Å². The van der Waals surface area contributed by atoms with Gasteiger partial charge >= 0.3 is 0 Å². The molecule has 18 heavy (non-hydrogen) atoms. The Bertz CT molecular complexity index is 408. The molecule has 0 spiro atoms. The highest BCUT2D eigenvalue weighted by atomic mass is 16.5. The standard InChI is InChI=1S/C14H23N3O/c1-10-4-5-11(2)12(8-10)14(16-15)13-9-17(3)6-7-18-13/h4-5,8,13-14,16H,6-7,9,15H2,1-3H3. The number of hydrogen-bond acceptors (Lipinski definition) is 4. The molecule has 2 atom stereocenters. The van der Waals surface area contributed by atoms with Gasteiger partial charge in [-0.1, -0.05) is 23.8 Å². The second-order valence-electron chi connectivity index (χ2n) is 5.18. The maximum atomic E-state index is 5.87. The van der Waals surface area contributed by atoms with Crippen LogP contribution in [0.5, 0.6) is 0 Å². The van der Waals surface area contributed by atoms with Gasteiger partial charge < -0.3 is 9.64 Å². The van der Waals surface area contributed by atoms with Crippen molar-refractivity contribution in [2.75, 3.05) is 26.7 Å². The van der Waals surface area contributed by atoms with Gasteiger partial charge in [-0.05, 0) is 32.0 Å². The largest absolute Gasteiger partial charge is 0.374 e. The van der Waals surface area contributed by atoms with Crippen molar-refractivity contribution in [1.82, 2.24) is 10.3 Å². The van der Waals surface area contributed by atoms with E-state index in [1.54, 1.807) is 0 Å². The summed E-state index contributed by atoms with van der Waals surface area (Å²) in [4.78, 5) is 2.28. The van der Waals surface area contributed by atoms with Crippen LogP contribution in [0, 0.1) is 13.8 Å². The van der Waals surface area contributed by atoms with E-state index in [1.807, 2.05) is 0 Å². The van der Waals surface area contributed by atoms with E-state index in [-0.39, 0.29) is 12.1 Å². The van der Waals surface area contributed by atoms with E-state index in [9.17, 15) is 0 Å². The Kier molecular flexibility index (Phi) is 4.35. The van der Waals surface area contributed by atoms with Gasteiger partial charge in [-0.3, -0.25) is 11.3 Å². The van der Waals surface area contributed by atoms with Gasteiger partial charge in [0.15, 0.2) is 0 Å². The quantitative estimate of drug-likeness (QED) is 0.623. The molecule has 0 saturated carbocycles. The Morgan fingerprint density at radius 2 is 2.22 bits per heavy atom. The number of hydrazine groups is 1. The fraction of sp³-hybridized carbons (Fsp3) is 0.571. The van der Waals surface area contributed by atoms with Gasteiger partial charge in [0.1, 0.15) is 0 Å². The summed E-state index contributed by atoms with van der Waals surface area (Å²) in [6, 6.07) is 6.51. The lowest BCUT2D eigenvalue weighted by atomic mass is 9.95. The zero-order valence-electron chi connectivity index (χ0n) is 11.4. The zero-order valence-corrected chi connectivity index (χ0v) is 11.4. The lowest BCUT2D eigenvalue weighted by Crippen LogP contribution is -2.48. The summed E-state index contributed by atoms with van der Waals surface area (Å²) in [7, 11) is 2.12. The Balaban J connectivity index is 2.24. The van der Waals surface area contributed by atoms with Crippen molar-refractivity contribution in [3.63, 3.8) is 0 Å². The zero-order chi connectivity index (χ0) is 13.1. The molecule has 1 heterocycles. The second kappa shape index (κ2) is 5.80. The lowest BCUT2D eigenvalue weighted by molar-refractivity contribution is -0.0394. The molecule has 0 aliphatic carbocycles. The highest BCUT2D eigenvalue weighted by molar-refractivity contribution is 5.33. The number of aryl methyl sites for hydroxylation is 2. The van der Waals surface area contributed by atoms with Gasteiger partial charge in [0, 0.05) is 13.1 Å². The molecule has 1 aliphatic rings. The number of nitrogens with zero attached hydrogens (tertiary/aromatic N) is 1. The van der Waals surface area contributed by atoms with E-state index in [0.29, 0.717) is 0 Å². The number of benzene rings is 1. The maximum Gasteiger partial charge on any atom is 0.0909 e. The molecule has 1 aliphatic heterocycles. The molecule has 1 aromatic carbocycles.